The number of fused-ring (bicyclic) bond motifs is 1. The average Bonchev–Trinajstić information content (AvgIpc) is 3.73. The van der Waals surface area contributed by atoms with Gasteiger partial charge in [-0.05, 0) is 82.9 Å². The van der Waals surface area contributed by atoms with Crippen molar-refractivity contribution in [2.45, 2.75) is 12.2 Å². The molecule has 2 heterocycles. The van der Waals surface area contributed by atoms with Crippen LogP contribution in [-0.4, -0.2) is 59.8 Å². The molecule has 0 aromatic heterocycles. The third-order valence-corrected chi connectivity index (χ3v) is 8.54. The normalized spacial score (nSPS) is 19.8. The number of methoxy groups -OCH3 is 2. The smallest absolute Gasteiger partial charge is 0.336 e. The summed E-state index contributed by atoms with van der Waals surface area (Å²) in [5, 5.41) is 38.3. The Balaban J connectivity index is 1.10. The third kappa shape index (κ3) is 7.36. The van der Waals surface area contributed by atoms with Crippen LogP contribution in [0.15, 0.2) is 84.9 Å². The van der Waals surface area contributed by atoms with Gasteiger partial charge in [0.15, 0.2) is 46.0 Å². The van der Waals surface area contributed by atoms with Crippen LogP contribution in [0.4, 0.5) is 0 Å². The fraction of sp³-hybridized carbons (Fsp3) is 0.211. The first-order valence-electron chi connectivity index (χ1n) is 15.6. The number of carbonyl (C=O) groups is 2. The lowest BCUT2D eigenvalue weighted by atomic mass is 9.85. The van der Waals surface area contributed by atoms with Crippen LogP contribution in [0.1, 0.15) is 34.5 Å². The van der Waals surface area contributed by atoms with Gasteiger partial charge < -0.3 is 48.8 Å². The monoisotopic (exact) mass is 682 g/mol. The molecule has 2 aliphatic heterocycles. The molecule has 12 nitrogen and oxygen atoms in total. The van der Waals surface area contributed by atoms with Crippen molar-refractivity contribution in [1.82, 2.24) is 0 Å². The number of ether oxygens (including phenoxy) is 6. The summed E-state index contributed by atoms with van der Waals surface area (Å²) in [4.78, 5) is 25.0. The Labute approximate surface area is 287 Å². The molecule has 12 heteroatoms. The van der Waals surface area contributed by atoms with E-state index in [1.807, 2.05) is 12.1 Å². The molecule has 6 rings (SSSR count). The number of esters is 2. The molecular weight excluding hydrogens is 648 g/mol. The summed E-state index contributed by atoms with van der Waals surface area (Å²) in [6.07, 6.45) is 4.72. The van der Waals surface area contributed by atoms with Gasteiger partial charge in [-0.1, -0.05) is 24.3 Å². The highest BCUT2D eigenvalue weighted by atomic mass is 16.6. The van der Waals surface area contributed by atoms with Gasteiger partial charge in [-0.15, -0.1) is 0 Å². The minimum Gasteiger partial charge on any atom is -0.504 e. The molecule has 4 aromatic rings. The number of benzene rings is 4. The first-order chi connectivity index (χ1) is 24.1. The Morgan fingerprint density at radius 1 is 0.580 bits per heavy atom. The number of carbonyl (C=O) groups excluding carboxylic acids is 2. The lowest BCUT2D eigenvalue weighted by molar-refractivity contribution is -0.129. The van der Waals surface area contributed by atoms with Crippen molar-refractivity contribution >= 4 is 24.1 Å². The molecule has 0 amide bonds. The minimum atomic E-state index is -0.657. The van der Waals surface area contributed by atoms with Crippen LogP contribution in [0.25, 0.3) is 12.2 Å². The van der Waals surface area contributed by atoms with Crippen LogP contribution in [-0.2, 0) is 19.1 Å². The van der Waals surface area contributed by atoms with Crippen LogP contribution < -0.4 is 18.9 Å². The van der Waals surface area contributed by atoms with Gasteiger partial charge >= 0.3 is 11.9 Å². The van der Waals surface area contributed by atoms with Gasteiger partial charge in [-0.25, -0.2) is 9.59 Å². The number of aromatic hydroxyl groups is 4. The quantitative estimate of drug-likeness (QED) is 0.0683. The lowest BCUT2D eigenvalue weighted by Gasteiger charge is -2.19. The molecule has 50 heavy (non-hydrogen) atoms. The van der Waals surface area contributed by atoms with E-state index in [0.29, 0.717) is 35.8 Å². The van der Waals surface area contributed by atoms with E-state index in [1.54, 1.807) is 36.4 Å². The zero-order chi connectivity index (χ0) is 35.4. The van der Waals surface area contributed by atoms with Crippen molar-refractivity contribution in [3.05, 3.63) is 107 Å². The summed E-state index contributed by atoms with van der Waals surface area (Å²) in [5.41, 5.74) is 2.68. The number of hydrogen-bond donors (Lipinski definition) is 4. The Hall–Kier alpha value is -5.98. The maximum absolute atomic E-state index is 12.5. The standard InChI is InChI=1S/C38H34O12/c1-45-33-17-23(7-11-31(33)49-35(43)13-5-21-3-9-27(39)29(41)15-21)37-25-19-48-38(26(25)20-47-37)24-8-12-32(34(18-24)46-2)50-36(44)14-6-22-4-10-28(40)30(42)16-22/h3-18,25-26,37-42H,19-20H2,1-2H3/t25-,26+,37+,38-. The topological polar surface area (TPSA) is 170 Å². The number of phenols is 4. The molecule has 0 unspecified atom stereocenters. The van der Waals surface area contributed by atoms with E-state index in [2.05, 4.69) is 0 Å². The van der Waals surface area contributed by atoms with E-state index in [-0.39, 0.29) is 58.5 Å². The summed E-state index contributed by atoms with van der Waals surface area (Å²) in [6.45, 7) is 0.876. The van der Waals surface area contributed by atoms with Gasteiger partial charge in [0.1, 0.15) is 0 Å². The second kappa shape index (κ2) is 14.6. The predicted molar refractivity (Wildman–Crippen MR) is 179 cm³/mol. The van der Waals surface area contributed by atoms with Gasteiger partial charge in [0.05, 0.1) is 39.6 Å². The summed E-state index contributed by atoms with van der Waals surface area (Å²) < 4.78 is 34.6. The van der Waals surface area contributed by atoms with Crippen molar-refractivity contribution in [1.29, 1.82) is 0 Å². The molecule has 4 aromatic carbocycles. The molecule has 0 aliphatic carbocycles. The van der Waals surface area contributed by atoms with E-state index >= 15 is 0 Å². The molecule has 2 saturated heterocycles. The van der Waals surface area contributed by atoms with Crippen molar-refractivity contribution in [3.63, 3.8) is 0 Å². The van der Waals surface area contributed by atoms with Crippen LogP contribution >= 0.6 is 0 Å². The van der Waals surface area contributed by atoms with Crippen LogP contribution in [0.2, 0.25) is 0 Å². The Bertz CT molecular complexity index is 1820. The van der Waals surface area contributed by atoms with Crippen LogP contribution in [0.5, 0.6) is 46.0 Å². The van der Waals surface area contributed by atoms with Gasteiger partial charge in [0.25, 0.3) is 0 Å². The van der Waals surface area contributed by atoms with Gasteiger partial charge in [0.2, 0.25) is 0 Å². The number of rotatable bonds is 10. The summed E-state index contributed by atoms with van der Waals surface area (Å²) in [7, 11) is 2.95. The first-order valence-corrected chi connectivity index (χ1v) is 15.6. The summed E-state index contributed by atoms with van der Waals surface area (Å²) in [6, 6.07) is 18.8. The van der Waals surface area contributed by atoms with Gasteiger partial charge in [-0.2, -0.15) is 0 Å². The average molecular weight is 683 g/mol. The second-order valence-corrected chi connectivity index (χ2v) is 11.7. The Morgan fingerprint density at radius 3 is 1.38 bits per heavy atom. The Morgan fingerprint density at radius 2 is 1.00 bits per heavy atom. The van der Waals surface area contributed by atoms with Crippen LogP contribution in [0.3, 0.4) is 0 Å². The third-order valence-electron chi connectivity index (χ3n) is 8.54. The SMILES string of the molecule is COc1cc([C@H]2OC[C@@H]3[C@@H]2CO[C@H]3c2ccc(OC(=O)C=Cc3ccc(O)c(O)c3)c(OC)c2)ccc1OC(=O)C=Cc1ccc(O)c(O)c1. The zero-order valence-electron chi connectivity index (χ0n) is 27.0. The molecule has 4 atom stereocenters. The predicted octanol–water partition coefficient (Wildman–Crippen LogP) is 5.84. The molecular formula is C38H34O12. The molecule has 0 spiro atoms. The molecule has 4 N–H and O–H groups in total. The second-order valence-electron chi connectivity index (χ2n) is 11.7. The van der Waals surface area contributed by atoms with Crippen molar-refractivity contribution in [2.24, 2.45) is 11.8 Å². The zero-order valence-corrected chi connectivity index (χ0v) is 27.0. The molecule has 0 saturated carbocycles. The lowest BCUT2D eigenvalue weighted by Crippen LogP contribution is -2.15. The van der Waals surface area contributed by atoms with E-state index in [0.717, 1.165) is 11.1 Å². The number of phenolic OH excluding ortho intramolecular Hbond substituents is 4. The van der Waals surface area contributed by atoms with E-state index < -0.39 is 11.9 Å². The van der Waals surface area contributed by atoms with Crippen molar-refractivity contribution in [3.8, 4) is 46.0 Å². The van der Waals surface area contributed by atoms with E-state index in [4.69, 9.17) is 28.4 Å². The largest absolute Gasteiger partial charge is 0.504 e. The highest BCUT2D eigenvalue weighted by Gasteiger charge is 2.48. The summed E-state index contributed by atoms with van der Waals surface area (Å²) >= 11 is 0. The minimum absolute atomic E-state index is 0.0238. The number of hydrogen-bond acceptors (Lipinski definition) is 12. The molecule has 0 bridgehead atoms. The van der Waals surface area contributed by atoms with E-state index in [9.17, 15) is 30.0 Å². The van der Waals surface area contributed by atoms with Crippen molar-refractivity contribution < 1.29 is 58.4 Å². The fourth-order valence-electron chi connectivity index (χ4n) is 6.03. The molecule has 2 fully saturated rings. The Kier molecular flexibility index (Phi) is 9.93. The maximum Gasteiger partial charge on any atom is 0.336 e. The van der Waals surface area contributed by atoms with E-state index in [1.165, 1.54) is 62.8 Å². The fourth-order valence-corrected chi connectivity index (χ4v) is 6.03. The highest BCUT2D eigenvalue weighted by molar-refractivity contribution is 5.90. The molecule has 258 valence electrons. The molecule has 0 radical (unpaired) electrons. The maximum atomic E-state index is 12.5. The van der Waals surface area contributed by atoms with Gasteiger partial charge in [-0.3, -0.25) is 0 Å². The summed E-state index contributed by atoms with van der Waals surface area (Å²) in [5.74, 6) is -1.25. The van der Waals surface area contributed by atoms with Crippen molar-refractivity contribution in [2.75, 3.05) is 27.4 Å². The first kappa shape index (κ1) is 33.9. The molecule has 2 aliphatic rings. The van der Waals surface area contributed by atoms with Crippen LogP contribution in [0, 0.1) is 11.8 Å². The van der Waals surface area contributed by atoms with Gasteiger partial charge in [0, 0.05) is 24.0 Å². The highest BCUT2D eigenvalue weighted by Crippen LogP contribution is 2.51.